The van der Waals surface area contributed by atoms with Crippen LogP contribution in [0.5, 0.6) is 0 Å². The molecular weight excluding hydrogens is 150 g/mol. The summed E-state index contributed by atoms with van der Waals surface area (Å²) >= 11 is 0. The number of rotatable bonds is 1. The first kappa shape index (κ1) is 8.31. The first-order chi connectivity index (χ1) is 4.35. The van der Waals surface area contributed by atoms with Crippen molar-refractivity contribution in [2.24, 2.45) is 5.41 Å². The monoisotopic (exact) mass is 163 g/mol. The van der Waals surface area contributed by atoms with Gasteiger partial charge in [-0.15, -0.1) is 12.4 Å². The summed E-state index contributed by atoms with van der Waals surface area (Å²) in [4.78, 5) is 0. The molecule has 0 aromatic carbocycles. The Morgan fingerprint density at radius 1 is 1.40 bits per heavy atom. The predicted molar refractivity (Wildman–Crippen MR) is 42.6 cm³/mol. The molecule has 60 valence electrons. The van der Waals surface area contributed by atoms with Crippen molar-refractivity contribution in [1.29, 1.82) is 0 Å². The third-order valence-electron chi connectivity index (χ3n) is 2.58. The quantitative estimate of drug-likeness (QED) is 0.618. The summed E-state index contributed by atoms with van der Waals surface area (Å²) in [7, 11) is 2.04. The van der Waals surface area contributed by atoms with Crippen molar-refractivity contribution in [3.8, 4) is 0 Å². The van der Waals surface area contributed by atoms with Gasteiger partial charge in [0.2, 0.25) is 0 Å². The van der Waals surface area contributed by atoms with E-state index in [0.717, 1.165) is 19.3 Å². The average Bonchev–Trinajstić information content (AvgIpc) is 1.59. The van der Waals surface area contributed by atoms with Gasteiger partial charge in [-0.2, -0.15) is 0 Å². The highest BCUT2D eigenvalue weighted by Crippen LogP contribution is 2.46. The molecule has 0 bridgehead atoms. The van der Waals surface area contributed by atoms with E-state index in [4.69, 9.17) is 4.74 Å². The van der Waals surface area contributed by atoms with Gasteiger partial charge in [0.25, 0.3) is 0 Å². The largest absolute Gasteiger partial charge is 0.380 e. The Kier molecular flexibility index (Phi) is 2.23. The van der Waals surface area contributed by atoms with E-state index < -0.39 is 0 Å². The van der Waals surface area contributed by atoms with Crippen molar-refractivity contribution in [3.63, 3.8) is 0 Å². The van der Waals surface area contributed by atoms with Gasteiger partial charge in [0.05, 0.1) is 13.2 Å². The van der Waals surface area contributed by atoms with E-state index in [0.29, 0.717) is 5.41 Å². The highest BCUT2D eigenvalue weighted by atomic mass is 35.5. The van der Waals surface area contributed by atoms with Crippen LogP contribution in [0.15, 0.2) is 0 Å². The molecule has 0 amide bonds. The maximum Gasteiger partial charge on any atom is 0.0545 e. The van der Waals surface area contributed by atoms with Crippen LogP contribution in [0.3, 0.4) is 0 Å². The summed E-state index contributed by atoms with van der Waals surface area (Å²) < 4.78 is 5.15. The molecule has 2 aliphatic rings. The van der Waals surface area contributed by atoms with Crippen molar-refractivity contribution in [2.75, 3.05) is 20.3 Å². The van der Waals surface area contributed by atoms with E-state index in [1.807, 2.05) is 7.05 Å². The van der Waals surface area contributed by atoms with Crippen LogP contribution in [0.25, 0.3) is 0 Å². The fourth-order valence-electron chi connectivity index (χ4n) is 1.82. The third kappa shape index (κ3) is 1.04. The molecule has 1 saturated heterocycles. The topological polar surface area (TPSA) is 21.3 Å². The fraction of sp³-hybridized carbons (Fsp3) is 1.00. The second kappa shape index (κ2) is 2.68. The van der Waals surface area contributed by atoms with Crippen molar-refractivity contribution in [2.45, 2.75) is 18.9 Å². The number of nitrogens with one attached hydrogen (secondary N) is 1. The second-order valence-corrected chi connectivity index (χ2v) is 3.39. The zero-order chi connectivity index (χ0) is 6.32. The molecule has 0 unspecified atom stereocenters. The van der Waals surface area contributed by atoms with Crippen molar-refractivity contribution >= 4 is 12.4 Å². The lowest BCUT2D eigenvalue weighted by Crippen LogP contribution is -2.57. The lowest BCUT2D eigenvalue weighted by molar-refractivity contribution is -0.166. The van der Waals surface area contributed by atoms with Crippen molar-refractivity contribution in [3.05, 3.63) is 0 Å². The van der Waals surface area contributed by atoms with Gasteiger partial charge in [0, 0.05) is 11.5 Å². The molecule has 0 atom stereocenters. The summed E-state index contributed by atoms with van der Waals surface area (Å²) in [5, 5.41) is 3.27. The van der Waals surface area contributed by atoms with Crippen LogP contribution < -0.4 is 5.32 Å². The number of hydrogen-bond donors (Lipinski definition) is 1. The maximum absolute atomic E-state index is 5.15. The molecule has 1 spiro atoms. The molecule has 1 N–H and O–H groups in total. The minimum atomic E-state index is 0. The van der Waals surface area contributed by atoms with Crippen LogP contribution in [-0.4, -0.2) is 26.3 Å². The summed E-state index contributed by atoms with van der Waals surface area (Å²) in [5.41, 5.74) is 0.633. The molecule has 1 saturated carbocycles. The number of halogens is 1. The van der Waals surface area contributed by atoms with Gasteiger partial charge in [-0.05, 0) is 19.9 Å². The van der Waals surface area contributed by atoms with Gasteiger partial charge in [0.15, 0.2) is 0 Å². The molecule has 2 fully saturated rings. The Labute approximate surface area is 67.7 Å². The molecule has 0 aromatic rings. The second-order valence-electron chi connectivity index (χ2n) is 3.39. The van der Waals surface area contributed by atoms with Crippen LogP contribution in [0.2, 0.25) is 0 Å². The third-order valence-corrected chi connectivity index (χ3v) is 2.58. The average molecular weight is 164 g/mol. The first-order valence-electron chi connectivity index (χ1n) is 3.60. The van der Waals surface area contributed by atoms with Crippen molar-refractivity contribution in [1.82, 2.24) is 5.32 Å². The Bertz CT molecular complexity index is 117. The van der Waals surface area contributed by atoms with Crippen molar-refractivity contribution < 1.29 is 4.74 Å². The Balaban J connectivity index is 0.000000500. The smallest absolute Gasteiger partial charge is 0.0545 e. The Morgan fingerprint density at radius 2 is 2.00 bits per heavy atom. The van der Waals surface area contributed by atoms with Gasteiger partial charge in [-0.3, -0.25) is 0 Å². The molecule has 2 rings (SSSR count). The normalized spacial score (nSPS) is 28.5. The fourth-order valence-corrected chi connectivity index (χ4v) is 1.82. The molecule has 1 heterocycles. The standard InChI is InChI=1S/C7H13NO.ClH/c1-8-6-2-7(3-6)4-9-5-7;/h6,8H,2-5H2,1H3;1H. The predicted octanol–water partition coefficient (Wildman–Crippen LogP) is 0.807. The molecule has 1 aliphatic heterocycles. The van der Waals surface area contributed by atoms with Gasteiger partial charge in [-0.25, -0.2) is 0 Å². The van der Waals surface area contributed by atoms with Gasteiger partial charge in [0.1, 0.15) is 0 Å². The molecule has 3 heteroatoms. The lowest BCUT2D eigenvalue weighted by atomic mass is 9.64. The molecule has 2 nitrogen and oxygen atoms in total. The lowest BCUT2D eigenvalue weighted by Gasteiger charge is -2.53. The Hall–Kier alpha value is 0.210. The summed E-state index contributed by atoms with van der Waals surface area (Å²) in [6.45, 7) is 2.04. The minimum Gasteiger partial charge on any atom is -0.380 e. The van der Waals surface area contributed by atoms with Crippen LogP contribution in [0, 0.1) is 5.41 Å². The minimum absolute atomic E-state index is 0. The van der Waals surface area contributed by atoms with Crippen LogP contribution in [0.4, 0.5) is 0 Å². The molecule has 0 aromatic heterocycles. The Morgan fingerprint density at radius 3 is 2.30 bits per heavy atom. The molecule has 10 heavy (non-hydrogen) atoms. The zero-order valence-electron chi connectivity index (χ0n) is 6.22. The number of hydrogen-bond acceptors (Lipinski definition) is 2. The van der Waals surface area contributed by atoms with E-state index in [-0.39, 0.29) is 12.4 Å². The molecule has 0 radical (unpaired) electrons. The summed E-state index contributed by atoms with van der Waals surface area (Å²) in [6.07, 6.45) is 2.67. The SMILES string of the molecule is CNC1CC2(COC2)C1.Cl. The maximum atomic E-state index is 5.15. The van der Waals surface area contributed by atoms with Gasteiger partial charge in [-0.1, -0.05) is 0 Å². The summed E-state index contributed by atoms with van der Waals surface area (Å²) in [5.74, 6) is 0. The van der Waals surface area contributed by atoms with Crippen LogP contribution in [-0.2, 0) is 4.74 Å². The zero-order valence-corrected chi connectivity index (χ0v) is 7.04. The van der Waals surface area contributed by atoms with E-state index in [1.54, 1.807) is 0 Å². The van der Waals surface area contributed by atoms with E-state index in [2.05, 4.69) is 5.32 Å². The molecule has 1 aliphatic carbocycles. The van der Waals surface area contributed by atoms with Crippen LogP contribution in [0.1, 0.15) is 12.8 Å². The van der Waals surface area contributed by atoms with E-state index in [9.17, 15) is 0 Å². The summed E-state index contributed by atoms with van der Waals surface area (Å²) in [6, 6.07) is 0.786. The highest BCUT2D eigenvalue weighted by molar-refractivity contribution is 5.85. The van der Waals surface area contributed by atoms with Crippen LogP contribution >= 0.6 is 12.4 Å². The van der Waals surface area contributed by atoms with E-state index >= 15 is 0 Å². The van der Waals surface area contributed by atoms with Gasteiger partial charge >= 0.3 is 0 Å². The van der Waals surface area contributed by atoms with E-state index in [1.165, 1.54) is 12.8 Å². The molecular formula is C7H14ClNO. The van der Waals surface area contributed by atoms with Gasteiger partial charge < -0.3 is 10.1 Å². The number of ether oxygens (including phenoxy) is 1. The highest BCUT2D eigenvalue weighted by Gasteiger charge is 2.48. The first-order valence-corrected chi connectivity index (χ1v) is 3.60.